The van der Waals surface area contributed by atoms with Gasteiger partial charge in [0.25, 0.3) is 5.91 Å². The lowest BCUT2D eigenvalue weighted by Crippen LogP contribution is -2.28. The quantitative estimate of drug-likeness (QED) is 0.747. The molecule has 1 fully saturated rings. The lowest BCUT2D eigenvalue weighted by atomic mass is 10.1. The smallest absolute Gasteiger partial charge is 0.270 e. The average molecular weight is 383 g/mol. The first kappa shape index (κ1) is 20.0. The molecule has 6 nitrogen and oxygen atoms in total. The van der Waals surface area contributed by atoms with Gasteiger partial charge in [0, 0.05) is 25.0 Å². The number of benzene rings is 1. The highest BCUT2D eigenvalue weighted by molar-refractivity contribution is 5.93. The Bertz CT molecular complexity index is 803. The lowest BCUT2D eigenvalue weighted by molar-refractivity contribution is 0.0935. The number of hydrogen-bond donors (Lipinski definition) is 1. The molecule has 28 heavy (non-hydrogen) atoms. The van der Waals surface area contributed by atoms with E-state index >= 15 is 0 Å². The van der Waals surface area contributed by atoms with E-state index in [9.17, 15) is 4.79 Å². The van der Waals surface area contributed by atoms with Gasteiger partial charge in [-0.3, -0.25) is 9.78 Å². The van der Waals surface area contributed by atoms with Crippen LogP contribution in [-0.2, 0) is 0 Å². The highest BCUT2D eigenvalue weighted by atomic mass is 16.5. The van der Waals surface area contributed by atoms with Crippen molar-refractivity contribution >= 4 is 11.6 Å². The molecule has 1 aliphatic rings. The normalized spacial score (nSPS) is 14.6. The summed E-state index contributed by atoms with van der Waals surface area (Å²) >= 11 is 0. The van der Waals surface area contributed by atoms with Crippen molar-refractivity contribution in [3.05, 3.63) is 47.8 Å². The van der Waals surface area contributed by atoms with Gasteiger partial charge in [0.1, 0.15) is 5.69 Å². The maximum absolute atomic E-state index is 12.7. The van der Waals surface area contributed by atoms with Crippen LogP contribution in [-0.4, -0.2) is 37.2 Å². The van der Waals surface area contributed by atoms with Gasteiger partial charge in [-0.15, -0.1) is 0 Å². The van der Waals surface area contributed by atoms with Gasteiger partial charge < -0.3 is 19.7 Å². The third kappa shape index (κ3) is 4.74. The summed E-state index contributed by atoms with van der Waals surface area (Å²) in [5.74, 6) is 1.23. The fraction of sp³-hybridized carbons (Fsp3) is 0.455. The summed E-state index contributed by atoms with van der Waals surface area (Å²) in [4.78, 5) is 19.3. The molecule has 0 spiro atoms. The standard InChI is InChI=1S/C22H29N3O3/c1-4-27-20-9-8-17(14-21(20)28-5-2)16(3)24-22(26)19-15-18(10-11-23-19)25-12-6-7-13-25/h8-11,14-16H,4-7,12-13H2,1-3H3,(H,24,26). The highest BCUT2D eigenvalue weighted by Crippen LogP contribution is 2.31. The summed E-state index contributed by atoms with van der Waals surface area (Å²) in [6.45, 7) is 9.03. The fourth-order valence-electron chi connectivity index (χ4n) is 3.41. The van der Waals surface area contributed by atoms with Crippen LogP contribution in [0, 0.1) is 0 Å². The van der Waals surface area contributed by atoms with Gasteiger partial charge in [-0.05, 0) is 63.4 Å². The number of ether oxygens (including phenoxy) is 2. The first-order valence-corrected chi connectivity index (χ1v) is 10.0. The molecule has 1 aliphatic heterocycles. The molecule has 0 aliphatic carbocycles. The Morgan fingerprint density at radius 2 is 1.82 bits per heavy atom. The SMILES string of the molecule is CCOc1ccc(C(C)NC(=O)c2cc(N3CCCC3)ccn2)cc1OCC. The number of hydrogen-bond acceptors (Lipinski definition) is 5. The number of amides is 1. The van der Waals surface area contributed by atoms with E-state index in [1.807, 2.05) is 51.1 Å². The van der Waals surface area contributed by atoms with Crippen LogP contribution in [0.5, 0.6) is 11.5 Å². The number of carbonyl (C=O) groups is 1. The van der Waals surface area contributed by atoms with Crippen molar-refractivity contribution in [2.45, 2.75) is 39.7 Å². The summed E-state index contributed by atoms with van der Waals surface area (Å²) in [6.07, 6.45) is 4.10. The Labute approximate surface area is 166 Å². The molecule has 150 valence electrons. The van der Waals surface area contributed by atoms with Crippen LogP contribution in [0.2, 0.25) is 0 Å². The third-order valence-corrected chi connectivity index (χ3v) is 4.86. The molecule has 0 bridgehead atoms. The zero-order chi connectivity index (χ0) is 19.9. The zero-order valence-electron chi connectivity index (χ0n) is 16.9. The molecule has 1 unspecified atom stereocenters. The molecule has 1 atom stereocenters. The molecule has 3 rings (SSSR count). The predicted molar refractivity (Wildman–Crippen MR) is 110 cm³/mol. The Hall–Kier alpha value is -2.76. The van der Waals surface area contributed by atoms with E-state index in [0.29, 0.717) is 30.4 Å². The van der Waals surface area contributed by atoms with Crippen molar-refractivity contribution in [1.82, 2.24) is 10.3 Å². The topological polar surface area (TPSA) is 63.7 Å². The van der Waals surface area contributed by atoms with Crippen molar-refractivity contribution < 1.29 is 14.3 Å². The second-order valence-electron chi connectivity index (χ2n) is 6.86. The average Bonchev–Trinajstić information content (AvgIpc) is 3.24. The van der Waals surface area contributed by atoms with Gasteiger partial charge in [-0.2, -0.15) is 0 Å². The van der Waals surface area contributed by atoms with E-state index < -0.39 is 0 Å². The summed E-state index contributed by atoms with van der Waals surface area (Å²) in [5.41, 5.74) is 2.45. The van der Waals surface area contributed by atoms with Crippen molar-refractivity contribution in [2.75, 3.05) is 31.2 Å². The largest absolute Gasteiger partial charge is 0.490 e. The van der Waals surface area contributed by atoms with Crippen LogP contribution in [0.4, 0.5) is 5.69 Å². The Balaban J connectivity index is 1.71. The molecule has 2 heterocycles. The van der Waals surface area contributed by atoms with Crippen molar-refractivity contribution in [1.29, 1.82) is 0 Å². The van der Waals surface area contributed by atoms with Crippen LogP contribution in [0.3, 0.4) is 0 Å². The molecule has 2 aromatic rings. The summed E-state index contributed by atoms with van der Waals surface area (Å²) in [6, 6.07) is 9.42. The third-order valence-electron chi connectivity index (χ3n) is 4.86. The molecular formula is C22H29N3O3. The van der Waals surface area contributed by atoms with Crippen molar-refractivity contribution in [2.24, 2.45) is 0 Å². The minimum atomic E-state index is -0.181. The minimum Gasteiger partial charge on any atom is -0.490 e. The molecule has 6 heteroatoms. The van der Waals surface area contributed by atoms with Gasteiger partial charge in [0.2, 0.25) is 0 Å². The van der Waals surface area contributed by atoms with Crippen LogP contribution in [0.25, 0.3) is 0 Å². The van der Waals surface area contributed by atoms with Crippen molar-refractivity contribution in [3.8, 4) is 11.5 Å². The number of nitrogens with zero attached hydrogens (tertiary/aromatic N) is 2. The maximum Gasteiger partial charge on any atom is 0.270 e. The molecule has 1 aromatic heterocycles. The second-order valence-corrected chi connectivity index (χ2v) is 6.86. The number of aromatic nitrogens is 1. The van der Waals surface area contributed by atoms with Gasteiger partial charge in [0.15, 0.2) is 11.5 Å². The second kappa shape index (κ2) is 9.44. The molecule has 1 amide bonds. The van der Waals surface area contributed by atoms with Crippen molar-refractivity contribution in [3.63, 3.8) is 0 Å². The van der Waals surface area contributed by atoms with E-state index in [2.05, 4.69) is 15.2 Å². The van der Waals surface area contributed by atoms with E-state index in [0.717, 1.165) is 24.3 Å². The first-order chi connectivity index (χ1) is 13.6. The monoisotopic (exact) mass is 383 g/mol. The summed E-state index contributed by atoms with van der Waals surface area (Å²) in [7, 11) is 0. The summed E-state index contributed by atoms with van der Waals surface area (Å²) < 4.78 is 11.3. The molecule has 1 N–H and O–H groups in total. The predicted octanol–water partition coefficient (Wildman–Crippen LogP) is 3.97. The number of rotatable bonds is 8. The molecule has 1 saturated heterocycles. The molecular weight excluding hydrogens is 354 g/mol. The van der Waals surface area contributed by atoms with Gasteiger partial charge in [-0.25, -0.2) is 0 Å². The van der Waals surface area contributed by atoms with E-state index in [1.54, 1.807) is 6.20 Å². The lowest BCUT2D eigenvalue weighted by Gasteiger charge is -2.19. The molecule has 0 radical (unpaired) electrons. The number of anilines is 1. The van der Waals surface area contributed by atoms with Gasteiger partial charge in [-0.1, -0.05) is 6.07 Å². The van der Waals surface area contributed by atoms with Crippen LogP contribution in [0.1, 0.15) is 55.7 Å². The van der Waals surface area contributed by atoms with Crippen LogP contribution in [0.15, 0.2) is 36.5 Å². The number of pyridine rings is 1. The summed E-state index contributed by atoms with van der Waals surface area (Å²) in [5, 5.41) is 3.03. The highest BCUT2D eigenvalue weighted by Gasteiger charge is 2.18. The van der Waals surface area contributed by atoms with E-state index in [4.69, 9.17) is 9.47 Å². The fourth-order valence-corrected chi connectivity index (χ4v) is 3.41. The molecule has 1 aromatic carbocycles. The Morgan fingerprint density at radius 3 is 2.54 bits per heavy atom. The van der Waals surface area contributed by atoms with Gasteiger partial charge in [0.05, 0.1) is 19.3 Å². The molecule has 0 saturated carbocycles. The zero-order valence-corrected chi connectivity index (χ0v) is 16.9. The van der Waals surface area contributed by atoms with E-state index in [-0.39, 0.29) is 11.9 Å². The Kier molecular flexibility index (Phi) is 6.74. The minimum absolute atomic E-state index is 0.180. The maximum atomic E-state index is 12.7. The number of nitrogens with one attached hydrogen (secondary N) is 1. The number of carbonyl (C=O) groups excluding carboxylic acids is 1. The Morgan fingerprint density at radius 1 is 1.11 bits per heavy atom. The van der Waals surface area contributed by atoms with Gasteiger partial charge >= 0.3 is 0 Å². The van der Waals surface area contributed by atoms with Crippen LogP contribution >= 0.6 is 0 Å². The van der Waals surface area contributed by atoms with E-state index in [1.165, 1.54) is 12.8 Å². The van der Waals surface area contributed by atoms with Crippen LogP contribution < -0.4 is 19.7 Å². The first-order valence-electron chi connectivity index (χ1n) is 10.0.